The minimum absolute atomic E-state index is 0.0203. The second kappa shape index (κ2) is 3.69. The summed E-state index contributed by atoms with van der Waals surface area (Å²) in [7, 11) is -3.38. The van der Waals surface area contributed by atoms with Gasteiger partial charge >= 0.3 is 0 Å². The third kappa shape index (κ3) is 1.55. The predicted molar refractivity (Wildman–Crippen MR) is 70.9 cm³/mol. The summed E-state index contributed by atoms with van der Waals surface area (Å²) in [5.74, 6) is -0.322. The largest absolute Gasteiger partial charge is 0.494 e. The average Bonchev–Trinajstić information content (AvgIpc) is 2.84. The van der Waals surface area contributed by atoms with Gasteiger partial charge in [0.25, 0.3) is 0 Å². The molecule has 8 heteroatoms. The van der Waals surface area contributed by atoms with Gasteiger partial charge in [-0.15, -0.1) is 0 Å². The Bertz CT molecular complexity index is 682. The number of rotatable bonds is 3. The van der Waals surface area contributed by atoms with Crippen LogP contribution >= 0.6 is 0 Å². The SMILES string of the molecule is CCS(=O)(=O)NC1CC2(C)OC1(C)c1c(O)[nH]c(O)c12. The Labute approximate surface area is 117 Å². The molecular weight excluding hydrogens is 284 g/mol. The average molecular weight is 302 g/mol. The molecule has 3 heterocycles. The summed E-state index contributed by atoms with van der Waals surface area (Å²) in [6.45, 7) is 5.07. The van der Waals surface area contributed by atoms with E-state index < -0.39 is 27.3 Å². The predicted octanol–water partition coefficient (Wildman–Crippen LogP) is 0.598. The van der Waals surface area contributed by atoms with Crippen LogP contribution in [0.3, 0.4) is 0 Å². The van der Waals surface area contributed by atoms with Crippen molar-refractivity contribution in [3.8, 4) is 11.8 Å². The Hall–Kier alpha value is -1.25. The number of ether oxygens (including phenoxy) is 1. The minimum Gasteiger partial charge on any atom is -0.494 e. The third-order valence-corrected chi connectivity index (χ3v) is 5.79. The summed E-state index contributed by atoms with van der Waals surface area (Å²) in [6, 6.07) is -0.481. The quantitative estimate of drug-likeness (QED) is 0.653. The molecule has 1 aromatic rings. The highest BCUT2D eigenvalue weighted by molar-refractivity contribution is 7.89. The fraction of sp³-hybridized carbons (Fsp3) is 0.667. The highest BCUT2D eigenvalue weighted by Crippen LogP contribution is 2.62. The van der Waals surface area contributed by atoms with E-state index in [1.807, 2.05) is 0 Å². The Morgan fingerprint density at radius 3 is 2.55 bits per heavy atom. The molecule has 1 saturated heterocycles. The summed E-state index contributed by atoms with van der Waals surface area (Å²) in [5.41, 5.74) is -0.850. The maximum absolute atomic E-state index is 11.8. The van der Waals surface area contributed by atoms with Crippen LogP contribution in [0.4, 0.5) is 0 Å². The molecule has 7 nitrogen and oxygen atoms in total. The molecule has 0 amide bonds. The summed E-state index contributed by atoms with van der Waals surface area (Å²) >= 11 is 0. The van der Waals surface area contributed by atoms with Crippen LogP contribution in [0, 0.1) is 0 Å². The van der Waals surface area contributed by atoms with Gasteiger partial charge < -0.3 is 14.9 Å². The lowest BCUT2D eigenvalue weighted by atomic mass is 9.77. The van der Waals surface area contributed by atoms with Crippen LogP contribution < -0.4 is 4.72 Å². The molecule has 3 unspecified atom stereocenters. The van der Waals surface area contributed by atoms with Crippen molar-refractivity contribution in [1.29, 1.82) is 0 Å². The van der Waals surface area contributed by atoms with E-state index in [-0.39, 0.29) is 17.5 Å². The number of hydrogen-bond acceptors (Lipinski definition) is 5. The van der Waals surface area contributed by atoms with Gasteiger partial charge in [-0.05, 0) is 20.8 Å². The molecule has 0 aliphatic carbocycles. The van der Waals surface area contributed by atoms with Gasteiger partial charge in [0.05, 0.1) is 28.5 Å². The van der Waals surface area contributed by atoms with Gasteiger partial charge in [-0.2, -0.15) is 0 Å². The van der Waals surface area contributed by atoms with Crippen molar-refractivity contribution in [1.82, 2.24) is 9.71 Å². The summed E-state index contributed by atoms with van der Waals surface area (Å²) < 4.78 is 32.2. The Morgan fingerprint density at radius 1 is 1.35 bits per heavy atom. The molecule has 0 aromatic carbocycles. The Kier molecular flexibility index (Phi) is 2.53. The van der Waals surface area contributed by atoms with Crippen molar-refractivity contribution in [2.45, 2.75) is 44.4 Å². The van der Waals surface area contributed by atoms with E-state index in [1.165, 1.54) is 0 Å². The first kappa shape index (κ1) is 13.7. The van der Waals surface area contributed by atoms with E-state index in [0.717, 1.165) is 0 Å². The Balaban J connectivity index is 2.09. The fourth-order valence-electron chi connectivity index (χ4n) is 3.47. The molecular formula is C12H18N2O5S. The van der Waals surface area contributed by atoms with Gasteiger partial charge in [0.2, 0.25) is 10.0 Å². The number of aromatic hydroxyl groups is 2. The van der Waals surface area contributed by atoms with Crippen LogP contribution in [0.1, 0.15) is 38.3 Å². The highest BCUT2D eigenvalue weighted by Gasteiger charge is 2.64. The summed E-state index contributed by atoms with van der Waals surface area (Å²) in [4.78, 5) is 2.48. The van der Waals surface area contributed by atoms with E-state index in [4.69, 9.17) is 4.74 Å². The van der Waals surface area contributed by atoms with Gasteiger partial charge in [0.15, 0.2) is 11.8 Å². The second-order valence-electron chi connectivity index (χ2n) is 5.79. The van der Waals surface area contributed by atoms with Gasteiger partial charge in [-0.25, -0.2) is 13.1 Å². The van der Waals surface area contributed by atoms with E-state index in [0.29, 0.717) is 17.5 Å². The van der Waals surface area contributed by atoms with Gasteiger partial charge in [-0.1, -0.05) is 0 Å². The van der Waals surface area contributed by atoms with E-state index in [2.05, 4.69) is 9.71 Å². The second-order valence-corrected chi connectivity index (χ2v) is 7.83. The van der Waals surface area contributed by atoms with Crippen molar-refractivity contribution in [2.75, 3.05) is 5.75 Å². The first-order valence-electron chi connectivity index (χ1n) is 6.48. The van der Waals surface area contributed by atoms with E-state index in [1.54, 1.807) is 20.8 Å². The molecule has 0 spiro atoms. The van der Waals surface area contributed by atoms with Crippen LogP contribution in [0.15, 0.2) is 0 Å². The standard InChI is InChI=1S/C12H18N2O5S/c1-4-20(17,18)14-6-5-11(2)7-8(12(6,3)19-11)10(16)13-9(7)15/h6,13-16H,4-5H2,1-3H3. The van der Waals surface area contributed by atoms with Crippen LogP contribution in [-0.2, 0) is 26.0 Å². The minimum atomic E-state index is -3.38. The third-order valence-electron chi connectivity index (χ3n) is 4.38. The number of sulfonamides is 1. The van der Waals surface area contributed by atoms with Crippen molar-refractivity contribution < 1.29 is 23.4 Å². The molecule has 112 valence electrons. The van der Waals surface area contributed by atoms with Crippen LogP contribution in [-0.4, -0.2) is 35.4 Å². The molecule has 3 rings (SSSR count). The molecule has 20 heavy (non-hydrogen) atoms. The van der Waals surface area contributed by atoms with Crippen molar-refractivity contribution in [2.24, 2.45) is 0 Å². The first-order valence-corrected chi connectivity index (χ1v) is 8.13. The van der Waals surface area contributed by atoms with Crippen molar-refractivity contribution in [3.63, 3.8) is 0 Å². The molecule has 0 radical (unpaired) electrons. The lowest BCUT2D eigenvalue weighted by Crippen LogP contribution is -2.47. The summed E-state index contributed by atoms with van der Waals surface area (Å²) in [6.07, 6.45) is 0.403. The number of fused-ring (bicyclic) bond motifs is 5. The zero-order valence-corrected chi connectivity index (χ0v) is 12.3. The number of hydrogen-bond donors (Lipinski definition) is 4. The van der Waals surface area contributed by atoms with E-state index >= 15 is 0 Å². The van der Waals surface area contributed by atoms with Gasteiger partial charge in [0, 0.05) is 6.42 Å². The smallest absolute Gasteiger partial charge is 0.211 e. The summed E-state index contributed by atoms with van der Waals surface area (Å²) in [5, 5.41) is 19.8. The zero-order valence-electron chi connectivity index (χ0n) is 11.5. The van der Waals surface area contributed by atoms with Crippen molar-refractivity contribution in [3.05, 3.63) is 11.1 Å². The van der Waals surface area contributed by atoms with Crippen LogP contribution in [0.25, 0.3) is 0 Å². The Morgan fingerprint density at radius 2 is 1.95 bits per heavy atom. The van der Waals surface area contributed by atoms with Crippen molar-refractivity contribution >= 4 is 10.0 Å². The molecule has 0 saturated carbocycles. The van der Waals surface area contributed by atoms with Crippen LogP contribution in [0.5, 0.6) is 11.8 Å². The molecule has 2 aliphatic heterocycles. The first-order chi connectivity index (χ1) is 9.13. The molecule has 4 N–H and O–H groups in total. The lowest BCUT2D eigenvalue weighted by molar-refractivity contribution is -0.0723. The number of aromatic nitrogens is 1. The monoisotopic (exact) mass is 302 g/mol. The molecule has 1 fully saturated rings. The number of aromatic amines is 1. The maximum Gasteiger partial charge on any atom is 0.211 e. The number of H-pyrrole nitrogens is 1. The molecule has 2 aliphatic rings. The highest BCUT2D eigenvalue weighted by atomic mass is 32.2. The molecule has 2 bridgehead atoms. The lowest BCUT2D eigenvalue weighted by Gasteiger charge is -2.29. The van der Waals surface area contributed by atoms with Gasteiger partial charge in [-0.3, -0.25) is 4.98 Å². The number of nitrogens with one attached hydrogen (secondary N) is 2. The topological polar surface area (TPSA) is 112 Å². The maximum atomic E-state index is 11.8. The van der Waals surface area contributed by atoms with E-state index in [9.17, 15) is 18.6 Å². The zero-order chi connectivity index (χ0) is 14.9. The van der Waals surface area contributed by atoms with Crippen LogP contribution in [0.2, 0.25) is 0 Å². The van der Waals surface area contributed by atoms with Gasteiger partial charge in [0.1, 0.15) is 5.60 Å². The molecule has 1 aromatic heterocycles. The fourth-order valence-corrected chi connectivity index (χ4v) is 4.38. The normalized spacial score (nSPS) is 35.5. The molecule has 3 atom stereocenters.